The summed E-state index contributed by atoms with van der Waals surface area (Å²) in [7, 11) is 0. The number of benzene rings is 1. The molecule has 0 saturated heterocycles. The van der Waals surface area contributed by atoms with Gasteiger partial charge in [-0.2, -0.15) is 0 Å². The number of thiophene rings is 1. The first-order chi connectivity index (χ1) is 11.0. The van der Waals surface area contributed by atoms with Crippen molar-refractivity contribution in [3.05, 3.63) is 58.0 Å². The van der Waals surface area contributed by atoms with Crippen molar-refractivity contribution in [3.8, 4) is 0 Å². The van der Waals surface area contributed by atoms with E-state index in [1.54, 1.807) is 12.1 Å². The molecular formula is C17H19FN2O2S. The van der Waals surface area contributed by atoms with Crippen molar-refractivity contribution in [1.82, 2.24) is 10.6 Å². The van der Waals surface area contributed by atoms with Gasteiger partial charge in [0.25, 0.3) is 0 Å². The molecule has 6 heteroatoms. The van der Waals surface area contributed by atoms with E-state index in [1.165, 1.54) is 30.4 Å². The van der Waals surface area contributed by atoms with Crippen LogP contribution in [-0.4, -0.2) is 11.8 Å². The number of nitrogens with one attached hydrogen (secondary N) is 2. The maximum atomic E-state index is 12.9. The van der Waals surface area contributed by atoms with Crippen molar-refractivity contribution in [2.75, 3.05) is 0 Å². The second-order valence-electron chi connectivity index (χ2n) is 5.31. The SMILES string of the molecule is CC(=O)NC(CC(=O)NC(C)c1ccc(F)cc1)c1cccs1. The van der Waals surface area contributed by atoms with Crippen LogP contribution in [0.4, 0.5) is 4.39 Å². The van der Waals surface area contributed by atoms with Crippen molar-refractivity contribution in [3.63, 3.8) is 0 Å². The Morgan fingerprint density at radius 1 is 1.17 bits per heavy atom. The quantitative estimate of drug-likeness (QED) is 0.851. The number of rotatable bonds is 6. The highest BCUT2D eigenvalue weighted by Crippen LogP contribution is 2.22. The maximum Gasteiger partial charge on any atom is 0.222 e. The van der Waals surface area contributed by atoms with Crippen molar-refractivity contribution < 1.29 is 14.0 Å². The predicted molar refractivity (Wildman–Crippen MR) is 88.5 cm³/mol. The second kappa shape index (κ2) is 7.87. The third-order valence-corrected chi connectivity index (χ3v) is 4.39. The summed E-state index contributed by atoms with van der Waals surface area (Å²) in [6.45, 7) is 3.27. The fourth-order valence-electron chi connectivity index (χ4n) is 2.28. The maximum absolute atomic E-state index is 12.9. The summed E-state index contributed by atoms with van der Waals surface area (Å²) in [5.41, 5.74) is 0.826. The van der Waals surface area contributed by atoms with E-state index in [4.69, 9.17) is 0 Å². The molecule has 2 atom stereocenters. The topological polar surface area (TPSA) is 58.2 Å². The largest absolute Gasteiger partial charge is 0.350 e. The second-order valence-corrected chi connectivity index (χ2v) is 6.29. The molecule has 2 amide bonds. The van der Waals surface area contributed by atoms with Crippen LogP contribution < -0.4 is 10.6 Å². The van der Waals surface area contributed by atoms with E-state index in [2.05, 4.69) is 10.6 Å². The molecule has 0 fully saturated rings. The Hall–Kier alpha value is -2.21. The van der Waals surface area contributed by atoms with E-state index in [0.29, 0.717) is 0 Å². The molecule has 1 aromatic carbocycles. The number of hydrogen-bond acceptors (Lipinski definition) is 3. The van der Waals surface area contributed by atoms with Crippen LogP contribution in [0.25, 0.3) is 0 Å². The summed E-state index contributed by atoms with van der Waals surface area (Å²) in [6.07, 6.45) is 0.158. The van der Waals surface area contributed by atoms with Crippen molar-refractivity contribution >= 4 is 23.2 Å². The van der Waals surface area contributed by atoms with Crippen molar-refractivity contribution in [2.24, 2.45) is 0 Å². The summed E-state index contributed by atoms with van der Waals surface area (Å²) in [6, 6.07) is 9.22. The molecule has 2 unspecified atom stereocenters. The van der Waals surface area contributed by atoms with Gasteiger partial charge in [-0.25, -0.2) is 4.39 Å². The van der Waals surface area contributed by atoms with Gasteiger partial charge >= 0.3 is 0 Å². The van der Waals surface area contributed by atoms with Gasteiger partial charge in [-0.15, -0.1) is 11.3 Å². The molecule has 122 valence electrons. The Labute approximate surface area is 138 Å². The lowest BCUT2D eigenvalue weighted by atomic mass is 10.1. The molecular weight excluding hydrogens is 315 g/mol. The third kappa shape index (κ3) is 5.17. The molecule has 0 bridgehead atoms. The van der Waals surface area contributed by atoms with Gasteiger partial charge in [-0.1, -0.05) is 18.2 Å². The van der Waals surface area contributed by atoms with Crippen LogP contribution in [0.2, 0.25) is 0 Å². The Bertz CT molecular complexity index is 656. The van der Waals surface area contributed by atoms with Crippen LogP contribution >= 0.6 is 11.3 Å². The molecule has 0 aliphatic heterocycles. The van der Waals surface area contributed by atoms with E-state index >= 15 is 0 Å². The molecule has 1 heterocycles. The molecule has 2 N–H and O–H groups in total. The molecule has 0 spiro atoms. The summed E-state index contributed by atoms with van der Waals surface area (Å²) in [5, 5.41) is 7.57. The minimum Gasteiger partial charge on any atom is -0.350 e. The summed E-state index contributed by atoms with van der Waals surface area (Å²) < 4.78 is 12.9. The first kappa shape index (κ1) is 17.1. The smallest absolute Gasteiger partial charge is 0.222 e. The lowest BCUT2D eigenvalue weighted by molar-refractivity contribution is -0.123. The lowest BCUT2D eigenvalue weighted by Gasteiger charge is -2.19. The van der Waals surface area contributed by atoms with E-state index in [9.17, 15) is 14.0 Å². The van der Waals surface area contributed by atoms with E-state index < -0.39 is 0 Å². The monoisotopic (exact) mass is 334 g/mol. The Balaban J connectivity index is 1.98. The predicted octanol–water partition coefficient (Wildman–Crippen LogP) is 3.33. The number of hydrogen-bond donors (Lipinski definition) is 2. The lowest BCUT2D eigenvalue weighted by Crippen LogP contribution is -2.33. The zero-order valence-electron chi connectivity index (χ0n) is 13.0. The first-order valence-electron chi connectivity index (χ1n) is 7.31. The van der Waals surface area contributed by atoms with Crippen molar-refractivity contribution in [2.45, 2.75) is 32.4 Å². The van der Waals surface area contributed by atoms with Gasteiger partial charge in [0, 0.05) is 11.8 Å². The highest BCUT2D eigenvalue weighted by molar-refractivity contribution is 7.10. The van der Waals surface area contributed by atoms with Gasteiger partial charge in [0.2, 0.25) is 11.8 Å². The van der Waals surface area contributed by atoms with E-state index in [-0.39, 0.29) is 36.1 Å². The molecule has 0 saturated carbocycles. The van der Waals surface area contributed by atoms with Crippen LogP contribution in [0.3, 0.4) is 0 Å². The first-order valence-corrected chi connectivity index (χ1v) is 8.19. The third-order valence-electron chi connectivity index (χ3n) is 3.40. The van der Waals surface area contributed by atoms with Crippen molar-refractivity contribution in [1.29, 1.82) is 0 Å². The standard InChI is InChI=1S/C17H19FN2O2S/c1-11(13-5-7-14(18)8-6-13)19-17(22)10-15(20-12(2)21)16-4-3-9-23-16/h3-9,11,15H,10H2,1-2H3,(H,19,22)(H,20,21). The summed E-state index contributed by atoms with van der Waals surface area (Å²) in [5.74, 6) is -0.660. The number of carbonyl (C=O) groups excluding carboxylic acids is 2. The minimum atomic E-state index is -0.340. The van der Waals surface area contributed by atoms with Gasteiger partial charge in [0.15, 0.2) is 0 Å². The molecule has 0 aliphatic rings. The highest BCUT2D eigenvalue weighted by atomic mass is 32.1. The molecule has 2 rings (SSSR count). The zero-order valence-corrected chi connectivity index (χ0v) is 13.8. The van der Waals surface area contributed by atoms with Gasteiger partial charge < -0.3 is 10.6 Å². The van der Waals surface area contributed by atoms with Crippen LogP contribution in [0.5, 0.6) is 0 Å². The average Bonchev–Trinajstić information content (AvgIpc) is 3.00. The normalized spacial score (nSPS) is 13.2. The van der Waals surface area contributed by atoms with E-state index in [0.717, 1.165) is 10.4 Å². The van der Waals surface area contributed by atoms with Crippen LogP contribution in [0, 0.1) is 5.82 Å². The fourth-order valence-corrected chi connectivity index (χ4v) is 3.06. The minimum absolute atomic E-state index is 0.158. The van der Waals surface area contributed by atoms with Gasteiger partial charge in [0.05, 0.1) is 18.5 Å². The summed E-state index contributed by atoms with van der Waals surface area (Å²) >= 11 is 1.50. The van der Waals surface area contributed by atoms with Gasteiger partial charge in [-0.3, -0.25) is 9.59 Å². The molecule has 0 radical (unpaired) electrons. The number of halogens is 1. The molecule has 0 aliphatic carbocycles. The van der Waals surface area contributed by atoms with Crippen LogP contribution in [-0.2, 0) is 9.59 Å². The highest BCUT2D eigenvalue weighted by Gasteiger charge is 2.19. The fraction of sp³-hybridized carbons (Fsp3) is 0.294. The Kier molecular flexibility index (Phi) is 5.87. The number of carbonyl (C=O) groups is 2. The molecule has 23 heavy (non-hydrogen) atoms. The van der Waals surface area contributed by atoms with Crippen LogP contribution in [0.1, 0.15) is 42.8 Å². The average molecular weight is 334 g/mol. The zero-order chi connectivity index (χ0) is 16.8. The Morgan fingerprint density at radius 2 is 1.87 bits per heavy atom. The molecule has 2 aromatic rings. The van der Waals surface area contributed by atoms with Crippen LogP contribution in [0.15, 0.2) is 41.8 Å². The van der Waals surface area contributed by atoms with E-state index in [1.807, 2.05) is 24.4 Å². The number of amides is 2. The molecule has 4 nitrogen and oxygen atoms in total. The molecule has 1 aromatic heterocycles. The summed E-state index contributed by atoms with van der Waals surface area (Å²) in [4.78, 5) is 24.5. The van der Waals surface area contributed by atoms with Gasteiger partial charge in [0.1, 0.15) is 5.82 Å². The Morgan fingerprint density at radius 3 is 2.43 bits per heavy atom. The van der Waals surface area contributed by atoms with Gasteiger partial charge in [-0.05, 0) is 36.1 Å².